The van der Waals surface area contributed by atoms with Crippen molar-refractivity contribution in [3.63, 3.8) is 0 Å². The zero-order valence-electron chi connectivity index (χ0n) is 22.3. The standard InChI is InChI=1S/C31H38N4O3/c1-21(36)35-18-30(19-35)13-25(14-30)32-24-6-7-28-27(12-24)29(38)34(20-31(28)9-10-31)17-26(37)16-33-11-8-22-4-2-3-5-23(22)15-33/h2-7,12,25-26,32,37H,8-11,13-20H2,1H3. The molecule has 2 amide bonds. The summed E-state index contributed by atoms with van der Waals surface area (Å²) in [6.45, 7) is 6.89. The van der Waals surface area contributed by atoms with Crippen LogP contribution in [-0.2, 0) is 23.2 Å². The first kappa shape index (κ1) is 24.2. The highest BCUT2D eigenvalue weighted by Crippen LogP contribution is 2.53. The Kier molecular flexibility index (Phi) is 5.61. The molecule has 200 valence electrons. The Morgan fingerprint density at radius 3 is 2.58 bits per heavy atom. The first-order valence-electron chi connectivity index (χ1n) is 14.2. The molecule has 7 nitrogen and oxygen atoms in total. The number of hydrogen-bond acceptors (Lipinski definition) is 5. The van der Waals surface area contributed by atoms with E-state index >= 15 is 0 Å². The molecule has 0 radical (unpaired) electrons. The molecule has 38 heavy (non-hydrogen) atoms. The first-order chi connectivity index (χ1) is 18.3. The van der Waals surface area contributed by atoms with Gasteiger partial charge in [-0.15, -0.1) is 0 Å². The minimum absolute atomic E-state index is 0.0467. The fraction of sp³-hybridized carbons (Fsp3) is 0.548. The Hall–Kier alpha value is -2.90. The zero-order valence-corrected chi connectivity index (χ0v) is 22.3. The molecular weight excluding hydrogens is 476 g/mol. The summed E-state index contributed by atoms with van der Waals surface area (Å²) >= 11 is 0. The number of rotatable bonds is 6. The Bertz CT molecular complexity index is 1270. The molecule has 1 atom stereocenters. The van der Waals surface area contributed by atoms with Crippen molar-refractivity contribution in [3.05, 3.63) is 64.7 Å². The van der Waals surface area contributed by atoms with Crippen molar-refractivity contribution in [1.82, 2.24) is 14.7 Å². The van der Waals surface area contributed by atoms with Gasteiger partial charge in [0.25, 0.3) is 5.91 Å². The van der Waals surface area contributed by atoms with Crippen LogP contribution in [0.3, 0.4) is 0 Å². The molecule has 2 aromatic carbocycles. The summed E-state index contributed by atoms with van der Waals surface area (Å²) in [7, 11) is 0. The molecule has 2 aliphatic carbocycles. The van der Waals surface area contributed by atoms with E-state index in [-0.39, 0.29) is 17.2 Å². The molecule has 1 unspecified atom stereocenters. The summed E-state index contributed by atoms with van der Waals surface area (Å²) in [4.78, 5) is 31.3. The Labute approximate surface area is 224 Å². The third-order valence-electron chi connectivity index (χ3n) is 9.79. The van der Waals surface area contributed by atoms with Crippen LogP contribution in [0.25, 0.3) is 0 Å². The number of carbonyl (C=O) groups is 2. The van der Waals surface area contributed by atoms with E-state index in [1.165, 1.54) is 16.7 Å². The van der Waals surface area contributed by atoms with Crippen molar-refractivity contribution in [1.29, 1.82) is 0 Å². The van der Waals surface area contributed by atoms with Gasteiger partial charge in [0, 0.05) is 80.9 Å². The molecule has 2 N–H and O–H groups in total. The van der Waals surface area contributed by atoms with Crippen LogP contribution in [-0.4, -0.2) is 83.0 Å². The summed E-state index contributed by atoms with van der Waals surface area (Å²) in [5, 5.41) is 14.7. The Balaban J connectivity index is 0.991. The topological polar surface area (TPSA) is 76.1 Å². The van der Waals surface area contributed by atoms with Crippen molar-refractivity contribution < 1.29 is 14.7 Å². The van der Waals surface area contributed by atoms with Crippen LogP contribution in [0, 0.1) is 5.41 Å². The minimum Gasteiger partial charge on any atom is -0.390 e. The van der Waals surface area contributed by atoms with Crippen LogP contribution in [0.2, 0.25) is 0 Å². The van der Waals surface area contributed by atoms with Crippen LogP contribution in [0.15, 0.2) is 42.5 Å². The third-order valence-corrected chi connectivity index (χ3v) is 9.79. The lowest BCUT2D eigenvalue weighted by Crippen LogP contribution is -2.65. The van der Waals surface area contributed by atoms with E-state index in [4.69, 9.17) is 0 Å². The highest BCUT2D eigenvalue weighted by molar-refractivity contribution is 5.99. The molecule has 2 aromatic rings. The van der Waals surface area contributed by atoms with E-state index in [1.54, 1.807) is 6.92 Å². The van der Waals surface area contributed by atoms with E-state index in [1.807, 2.05) is 15.9 Å². The van der Waals surface area contributed by atoms with Crippen molar-refractivity contribution >= 4 is 17.5 Å². The van der Waals surface area contributed by atoms with E-state index in [0.717, 1.165) is 69.5 Å². The molecule has 1 saturated heterocycles. The molecule has 3 heterocycles. The van der Waals surface area contributed by atoms with Crippen LogP contribution in [0.4, 0.5) is 5.69 Å². The maximum atomic E-state index is 13.6. The van der Waals surface area contributed by atoms with Gasteiger partial charge in [-0.25, -0.2) is 0 Å². The van der Waals surface area contributed by atoms with Crippen LogP contribution < -0.4 is 5.32 Å². The third kappa shape index (κ3) is 4.20. The van der Waals surface area contributed by atoms with Gasteiger partial charge in [-0.2, -0.15) is 0 Å². The van der Waals surface area contributed by atoms with E-state index in [2.05, 4.69) is 46.6 Å². The number of benzene rings is 2. The predicted octanol–water partition coefficient (Wildman–Crippen LogP) is 3.02. The van der Waals surface area contributed by atoms with Gasteiger partial charge in [0.05, 0.1) is 6.10 Å². The summed E-state index contributed by atoms with van der Waals surface area (Å²) < 4.78 is 0. The summed E-state index contributed by atoms with van der Waals surface area (Å²) in [5.74, 6) is 0.218. The lowest BCUT2D eigenvalue weighted by atomic mass is 9.60. The highest BCUT2D eigenvalue weighted by Gasteiger charge is 2.54. The van der Waals surface area contributed by atoms with Gasteiger partial charge in [-0.3, -0.25) is 14.5 Å². The van der Waals surface area contributed by atoms with E-state index in [0.29, 0.717) is 31.1 Å². The van der Waals surface area contributed by atoms with Gasteiger partial charge < -0.3 is 20.2 Å². The Morgan fingerprint density at radius 2 is 1.84 bits per heavy atom. The number of fused-ring (bicyclic) bond motifs is 3. The van der Waals surface area contributed by atoms with Crippen LogP contribution in [0.5, 0.6) is 0 Å². The fourth-order valence-corrected chi connectivity index (χ4v) is 7.58. The SMILES string of the molecule is CC(=O)N1CC2(CC(Nc3ccc4c(c3)C(=O)N(CC(O)CN3CCc5ccccc5C3)CC43CC3)C2)C1. The normalized spacial score (nSPS) is 23.9. The maximum absolute atomic E-state index is 13.6. The average molecular weight is 515 g/mol. The molecule has 3 aliphatic heterocycles. The number of nitrogens with one attached hydrogen (secondary N) is 1. The number of nitrogens with zero attached hydrogens (tertiary/aromatic N) is 3. The number of anilines is 1. The van der Waals surface area contributed by atoms with Gasteiger partial charge >= 0.3 is 0 Å². The van der Waals surface area contributed by atoms with E-state index < -0.39 is 6.10 Å². The molecule has 5 aliphatic rings. The monoisotopic (exact) mass is 514 g/mol. The zero-order chi connectivity index (χ0) is 26.1. The van der Waals surface area contributed by atoms with Gasteiger partial charge in [0.1, 0.15) is 0 Å². The number of amides is 2. The van der Waals surface area contributed by atoms with Crippen molar-refractivity contribution in [2.45, 2.75) is 63.1 Å². The van der Waals surface area contributed by atoms with Crippen molar-refractivity contribution in [2.24, 2.45) is 5.41 Å². The summed E-state index contributed by atoms with van der Waals surface area (Å²) in [6.07, 6.45) is 4.80. The molecule has 7 rings (SSSR count). The minimum atomic E-state index is -0.564. The van der Waals surface area contributed by atoms with Gasteiger partial charge in [-0.05, 0) is 60.9 Å². The van der Waals surface area contributed by atoms with Crippen LogP contribution in [0.1, 0.15) is 59.7 Å². The molecule has 0 bridgehead atoms. The molecule has 3 fully saturated rings. The van der Waals surface area contributed by atoms with E-state index in [9.17, 15) is 14.7 Å². The molecule has 2 spiro atoms. The number of β-amino-alcohol motifs (C(OH)–C–C–N with tert-alkyl or cyclic N) is 1. The smallest absolute Gasteiger partial charge is 0.254 e. The molecule has 0 aromatic heterocycles. The maximum Gasteiger partial charge on any atom is 0.254 e. The van der Waals surface area contributed by atoms with Gasteiger partial charge in [0.2, 0.25) is 5.91 Å². The molecular formula is C31H38N4O3. The summed E-state index contributed by atoms with van der Waals surface area (Å²) in [6, 6.07) is 15.3. The van der Waals surface area contributed by atoms with Gasteiger partial charge in [0.15, 0.2) is 0 Å². The van der Waals surface area contributed by atoms with Gasteiger partial charge in [-0.1, -0.05) is 30.3 Å². The second kappa shape index (κ2) is 8.82. The van der Waals surface area contributed by atoms with Crippen molar-refractivity contribution in [3.8, 4) is 0 Å². The lowest BCUT2D eigenvalue weighted by Gasteiger charge is -2.59. The quantitative estimate of drug-likeness (QED) is 0.620. The molecule has 7 heteroatoms. The lowest BCUT2D eigenvalue weighted by molar-refractivity contribution is -0.147. The highest BCUT2D eigenvalue weighted by atomic mass is 16.3. The average Bonchev–Trinajstić information content (AvgIpc) is 3.62. The number of likely N-dealkylation sites (tertiary alicyclic amines) is 1. The largest absolute Gasteiger partial charge is 0.390 e. The Morgan fingerprint density at radius 1 is 1.08 bits per heavy atom. The number of carbonyl (C=O) groups excluding carboxylic acids is 2. The first-order valence-corrected chi connectivity index (χ1v) is 14.2. The molecule has 2 saturated carbocycles. The van der Waals surface area contributed by atoms with Crippen molar-refractivity contribution in [2.75, 3.05) is 44.6 Å². The fourth-order valence-electron chi connectivity index (χ4n) is 7.58. The van der Waals surface area contributed by atoms with Crippen LogP contribution >= 0.6 is 0 Å². The number of aliphatic hydroxyl groups excluding tert-OH is 1. The number of hydrogen-bond donors (Lipinski definition) is 2. The summed E-state index contributed by atoms with van der Waals surface area (Å²) in [5.41, 5.74) is 6.11. The second-order valence-electron chi connectivity index (χ2n) is 12.8. The number of aliphatic hydroxyl groups is 1. The predicted molar refractivity (Wildman–Crippen MR) is 146 cm³/mol. The second-order valence-corrected chi connectivity index (χ2v) is 12.8.